The topological polar surface area (TPSA) is 60.9 Å². The highest BCUT2D eigenvalue weighted by molar-refractivity contribution is 5.97. The zero-order valence-corrected chi connectivity index (χ0v) is 12.7. The number of rotatable bonds is 4. The Morgan fingerprint density at radius 1 is 1.04 bits per heavy atom. The Labute approximate surface area is 134 Å². The second-order valence-electron chi connectivity index (χ2n) is 5.55. The summed E-state index contributed by atoms with van der Waals surface area (Å²) in [6.45, 7) is 0.714. The number of aliphatic carboxylic acids is 1. The molecule has 118 valence electrons. The first-order valence-electron chi connectivity index (χ1n) is 7.55. The number of nitrogens with zero attached hydrogens (tertiary/aromatic N) is 2. The van der Waals surface area contributed by atoms with Crippen LogP contribution in [0.1, 0.15) is 11.1 Å². The fourth-order valence-electron chi connectivity index (χ4n) is 2.85. The summed E-state index contributed by atoms with van der Waals surface area (Å²) >= 11 is 0. The number of amides is 2. The predicted molar refractivity (Wildman–Crippen MR) is 87.4 cm³/mol. The zero-order valence-electron chi connectivity index (χ0n) is 12.7. The van der Waals surface area contributed by atoms with Gasteiger partial charge in [0.2, 0.25) is 0 Å². The molecular weight excluding hydrogens is 292 g/mol. The van der Waals surface area contributed by atoms with Gasteiger partial charge in [-0.1, -0.05) is 48.5 Å². The van der Waals surface area contributed by atoms with Gasteiger partial charge in [0.05, 0.1) is 0 Å². The van der Waals surface area contributed by atoms with Gasteiger partial charge in [-0.05, 0) is 23.6 Å². The second kappa shape index (κ2) is 6.52. The fraction of sp³-hybridized carbons (Fsp3) is 0.222. The van der Waals surface area contributed by atoms with Crippen molar-refractivity contribution in [2.45, 2.75) is 13.0 Å². The molecule has 2 aromatic carbocycles. The van der Waals surface area contributed by atoms with E-state index in [1.807, 2.05) is 54.6 Å². The number of hydrogen-bond acceptors (Lipinski definition) is 2. The van der Waals surface area contributed by atoms with Crippen LogP contribution in [-0.2, 0) is 17.8 Å². The molecule has 5 heteroatoms. The van der Waals surface area contributed by atoms with E-state index in [-0.39, 0.29) is 12.6 Å². The molecule has 2 aromatic rings. The molecule has 1 heterocycles. The van der Waals surface area contributed by atoms with Gasteiger partial charge in [0, 0.05) is 18.8 Å². The quantitative estimate of drug-likeness (QED) is 0.944. The van der Waals surface area contributed by atoms with Crippen molar-refractivity contribution in [2.75, 3.05) is 18.0 Å². The van der Waals surface area contributed by atoms with Crippen LogP contribution in [0.25, 0.3) is 0 Å². The Morgan fingerprint density at radius 3 is 2.48 bits per heavy atom. The number of para-hydroxylation sites is 1. The molecule has 3 rings (SSSR count). The predicted octanol–water partition coefficient (Wildman–Crippen LogP) is 2.76. The molecule has 0 unspecified atom stereocenters. The SMILES string of the molecule is O=C(O)CN1C(=O)N(Cc2ccccc2)CCc2ccccc21. The van der Waals surface area contributed by atoms with Gasteiger partial charge < -0.3 is 10.0 Å². The first-order valence-corrected chi connectivity index (χ1v) is 7.55. The van der Waals surface area contributed by atoms with Gasteiger partial charge in [-0.25, -0.2) is 4.79 Å². The van der Waals surface area contributed by atoms with Crippen LogP contribution < -0.4 is 4.90 Å². The van der Waals surface area contributed by atoms with Crippen molar-refractivity contribution >= 4 is 17.7 Å². The highest BCUT2D eigenvalue weighted by Gasteiger charge is 2.29. The van der Waals surface area contributed by atoms with Crippen molar-refractivity contribution in [1.82, 2.24) is 4.90 Å². The molecular formula is C18H18N2O3. The smallest absolute Gasteiger partial charge is 0.325 e. The van der Waals surface area contributed by atoms with Crippen molar-refractivity contribution in [1.29, 1.82) is 0 Å². The molecule has 1 aliphatic heterocycles. The highest BCUT2D eigenvalue weighted by Crippen LogP contribution is 2.26. The molecule has 0 fully saturated rings. The standard InChI is InChI=1S/C18H18N2O3/c21-17(22)13-20-16-9-5-4-8-15(16)10-11-19(18(20)23)12-14-6-2-1-3-7-14/h1-9H,10-13H2,(H,21,22). The van der Waals surface area contributed by atoms with Gasteiger partial charge in [0.1, 0.15) is 6.54 Å². The summed E-state index contributed by atoms with van der Waals surface area (Å²) in [6, 6.07) is 17.0. The van der Waals surface area contributed by atoms with E-state index < -0.39 is 5.97 Å². The molecule has 0 aromatic heterocycles. The van der Waals surface area contributed by atoms with E-state index in [9.17, 15) is 9.59 Å². The number of carboxylic acids is 1. The molecule has 0 radical (unpaired) electrons. The Kier molecular flexibility index (Phi) is 4.28. The fourth-order valence-corrected chi connectivity index (χ4v) is 2.85. The number of anilines is 1. The minimum atomic E-state index is -1.02. The van der Waals surface area contributed by atoms with E-state index in [1.54, 1.807) is 4.90 Å². The molecule has 0 atom stereocenters. The summed E-state index contributed by atoms with van der Waals surface area (Å²) in [6.07, 6.45) is 0.713. The van der Waals surface area contributed by atoms with Gasteiger partial charge in [0.15, 0.2) is 0 Å². The molecule has 2 amide bonds. The van der Waals surface area contributed by atoms with Gasteiger partial charge in [0.25, 0.3) is 0 Å². The number of carbonyl (C=O) groups is 2. The van der Waals surface area contributed by atoms with Crippen LogP contribution in [0.5, 0.6) is 0 Å². The largest absolute Gasteiger partial charge is 0.480 e. The lowest BCUT2D eigenvalue weighted by Gasteiger charge is -2.27. The Balaban J connectivity index is 1.91. The molecule has 23 heavy (non-hydrogen) atoms. The number of carboxylic acid groups (broad SMARTS) is 1. The first kappa shape index (κ1) is 15.1. The summed E-state index contributed by atoms with van der Waals surface area (Å²) < 4.78 is 0. The lowest BCUT2D eigenvalue weighted by molar-refractivity contribution is -0.135. The van der Waals surface area contributed by atoms with E-state index >= 15 is 0 Å². The minimum Gasteiger partial charge on any atom is -0.480 e. The van der Waals surface area contributed by atoms with Crippen molar-refractivity contribution in [3.8, 4) is 0 Å². The maximum Gasteiger partial charge on any atom is 0.325 e. The van der Waals surface area contributed by atoms with Gasteiger partial charge in [-0.2, -0.15) is 0 Å². The molecule has 1 N–H and O–H groups in total. The lowest BCUT2D eigenvalue weighted by Crippen LogP contribution is -2.44. The van der Waals surface area contributed by atoms with Crippen LogP contribution in [0.4, 0.5) is 10.5 Å². The average Bonchev–Trinajstić information content (AvgIpc) is 2.68. The number of carbonyl (C=O) groups excluding carboxylic acids is 1. The van der Waals surface area contributed by atoms with Gasteiger partial charge in [-0.15, -0.1) is 0 Å². The molecule has 0 saturated carbocycles. The number of hydrogen-bond donors (Lipinski definition) is 1. The summed E-state index contributed by atoms with van der Waals surface area (Å²) in [7, 11) is 0. The minimum absolute atomic E-state index is 0.263. The molecule has 0 saturated heterocycles. The van der Waals surface area contributed by atoms with Crippen molar-refractivity contribution in [3.05, 3.63) is 65.7 Å². The van der Waals surface area contributed by atoms with Crippen LogP contribution in [0.3, 0.4) is 0 Å². The lowest BCUT2D eigenvalue weighted by atomic mass is 10.1. The first-order chi connectivity index (χ1) is 11.1. The van der Waals surface area contributed by atoms with Crippen molar-refractivity contribution < 1.29 is 14.7 Å². The monoisotopic (exact) mass is 310 g/mol. The normalized spacial score (nSPS) is 14.3. The third-order valence-electron chi connectivity index (χ3n) is 3.94. The number of benzene rings is 2. The third kappa shape index (κ3) is 3.34. The molecule has 1 aliphatic rings. The Bertz CT molecular complexity index is 715. The maximum absolute atomic E-state index is 12.8. The number of urea groups is 1. The summed E-state index contributed by atoms with van der Waals surface area (Å²) in [5, 5.41) is 9.16. The second-order valence-corrected chi connectivity index (χ2v) is 5.55. The van der Waals surface area contributed by atoms with E-state index in [1.165, 1.54) is 4.90 Å². The van der Waals surface area contributed by atoms with Crippen LogP contribution in [0.15, 0.2) is 54.6 Å². The maximum atomic E-state index is 12.8. The zero-order chi connectivity index (χ0) is 16.2. The van der Waals surface area contributed by atoms with Crippen LogP contribution in [-0.4, -0.2) is 35.1 Å². The third-order valence-corrected chi connectivity index (χ3v) is 3.94. The Morgan fingerprint density at radius 2 is 1.74 bits per heavy atom. The average molecular weight is 310 g/mol. The summed E-state index contributed by atoms with van der Waals surface area (Å²) in [5.41, 5.74) is 2.72. The summed E-state index contributed by atoms with van der Waals surface area (Å²) in [5.74, 6) is -1.02. The van der Waals surface area contributed by atoms with E-state index in [0.29, 0.717) is 25.2 Å². The van der Waals surface area contributed by atoms with E-state index in [4.69, 9.17) is 5.11 Å². The van der Waals surface area contributed by atoms with E-state index in [0.717, 1.165) is 11.1 Å². The molecule has 0 spiro atoms. The van der Waals surface area contributed by atoms with E-state index in [2.05, 4.69) is 0 Å². The van der Waals surface area contributed by atoms with Gasteiger partial charge in [-0.3, -0.25) is 9.69 Å². The van der Waals surface area contributed by atoms with Crippen LogP contribution in [0, 0.1) is 0 Å². The van der Waals surface area contributed by atoms with Crippen molar-refractivity contribution in [2.24, 2.45) is 0 Å². The molecule has 0 aliphatic carbocycles. The Hall–Kier alpha value is -2.82. The molecule has 5 nitrogen and oxygen atoms in total. The van der Waals surface area contributed by atoms with Crippen molar-refractivity contribution in [3.63, 3.8) is 0 Å². The highest BCUT2D eigenvalue weighted by atomic mass is 16.4. The summed E-state index contributed by atoms with van der Waals surface area (Å²) in [4.78, 5) is 27.1. The number of fused-ring (bicyclic) bond motifs is 1. The van der Waals surface area contributed by atoms with Crippen LogP contribution in [0.2, 0.25) is 0 Å². The van der Waals surface area contributed by atoms with Crippen LogP contribution >= 0.6 is 0 Å². The molecule has 0 bridgehead atoms. The van der Waals surface area contributed by atoms with Gasteiger partial charge >= 0.3 is 12.0 Å².